The van der Waals surface area contributed by atoms with Crippen molar-refractivity contribution in [3.63, 3.8) is 0 Å². The van der Waals surface area contributed by atoms with Crippen molar-refractivity contribution in [2.24, 2.45) is 5.92 Å². The summed E-state index contributed by atoms with van der Waals surface area (Å²) in [5.41, 5.74) is 0.695. The number of carbonyl (C=O) groups is 7. The van der Waals surface area contributed by atoms with Crippen LogP contribution in [0.3, 0.4) is 0 Å². The van der Waals surface area contributed by atoms with Crippen molar-refractivity contribution < 1.29 is 128 Å². The predicted molar refractivity (Wildman–Crippen MR) is 337 cm³/mol. The van der Waals surface area contributed by atoms with Crippen LogP contribution >= 0.6 is 0 Å². The molecule has 25 atom stereocenters. The summed E-state index contributed by atoms with van der Waals surface area (Å²) in [6.45, 7) is -3.66. The van der Waals surface area contributed by atoms with Crippen molar-refractivity contribution in [1.29, 1.82) is 10.8 Å². The molecule has 38 heteroatoms. The lowest BCUT2D eigenvalue weighted by molar-refractivity contribution is -0.352. The molecule has 2 aromatic carbocycles. The summed E-state index contributed by atoms with van der Waals surface area (Å²) in [4.78, 5) is 102. The normalized spacial score (nSPS) is 36.2. The number of benzene rings is 2. The molecule has 7 fully saturated rings. The average Bonchev–Trinajstić information content (AvgIpc) is 1.44. The third-order valence-electron chi connectivity index (χ3n) is 19.0. The standard InChI is InChI=1S/C62H90N12O26/c1-25(28-9-3-2-4-10-28)39-55(92)68-30(17-27-11-14-29(15-12-27)96-59-51(89)48(86)52(35(23-77)99-59)100-60-50(88)47(85)44(82)34(22-76)98-60)54(91)72-40(42(80)31-18-66-61(63)70-31)57(94)73-41(56(93)69-32(21-75)53(90)65-20-37(78)71-39)43(81)33-19-67-62(64)74(33)58-49(87)46(84)45(83)36(97-58)24-95-38(79)16-13-26-7-5-6-8-26/h2-4,9-12,14-15,25-26,30-36,39-52,58-60,75-77,80-89H,5-8,13,16-24H2,1H3,(H2,64,67)(H,65,90)(H,68,92)(H,69,93)(H,71,78)(H,72,91)(H,73,94)(H3,63,66,70). The average molecular weight is 1420 g/mol. The largest absolute Gasteiger partial charge is 0.463 e. The molecule has 38 nitrogen and oxygen atoms in total. The number of rotatable bonds is 21. The lowest BCUT2D eigenvalue weighted by atomic mass is 9.92. The zero-order valence-electron chi connectivity index (χ0n) is 54.2. The number of amides is 6. The van der Waals surface area contributed by atoms with Crippen LogP contribution in [0.15, 0.2) is 54.6 Å². The Bertz CT molecular complexity index is 3160. The van der Waals surface area contributed by atoms with Gasteiger partial charge in [0.15, 0.2) is 24.4 Å². The summed E-state index contributed by atoms with van der Waals surface area (Å²) in [6, 6.07) is 0.607. The van der Waals surface area contributed by atoms with Crippen LogP contribution in [-0.4, -0.2) is 317 Å². The first kappa shape index (κ1) is 76.6. The Labute approximate surface area is 571 Å². The SMILES string of the molecule is CC(c1ccccc1)C1NC(=O)CNC(=O)C(CO)NC(=O)C(C(O)C2CNC(=N)N2C2OC(COC(=O)CCC3CCCC3)C(O)C(O)C2O)NC(=O)C(C(O)C2CNC(=N)N2)NC(=O)C(Cc2ccc(OC3OC(CO)C(OC4OC(CO)C(O)C(O)C4O)C(O)C3O)cc2)NC1=O. The lowest BCUT2D eigenvalue weighted by Gasteiger charge is -2.46. The summed E-state index contributed by atoms with van der Waals surface area (Å²) in [6.07, 6.45) is -27.5. The number of aliphatic hydroxyl groups excluding tert-OH is 13. The summed E-state index contributed by atoms with van der Waals surface area (Å²) < 4.78 is 34.1. The molecule has 6 saturated heterocycles. The Balaban J connectivity index is 1.00. The topological polar surface area (TPSA) is 597 Å². The molecule has 7 aliphatic rings. The smallest absolute Gasteiger partial charge is 0.305 e. The van der Waals surface area contributed by atoms with E-state index in [-0.39, 0.29) is 30.2 Å². The summed E-state index contributed by atoms with van der Waals surface area (Å²) >= 11 is 0. The zero-order valence-corrected chi connectivity index (χ0v) is 54.2. The molecule has 6 amide bonds. The molecule has 0 bridgehead atoms. The van der Waals surface area contributed by atoms with Gasteiger partial charge in [-0.2, -0.15) is 0 Å². The quantitative estimate of drug-likeness (QED) is 0.0516. The Morgan fingerprint density at radius 3 is 1.87 bits per heavy atom. The van der Waals surface area contributed by atoms with Gasteiger partial charge in [-0.1, -0.05) is 75.1 Å². The van der Waals surface area contributed by atoms with E-state index in [1.807, 2.05) is 0 Å². The maximum absolute atomic E-state index is 15.2. The van der Waals surface area contributed by atoms with E-state index in [1.54, 1.807) is 37.3 Å². The second kappa shape index (κ2) is 34.4. The molecule has 0 radical (unpaired) electrons. The summed E-state index contributed by atoms with van der Waals surface area (Å²) in [7, 11) is 0. The monoisotopic (exact) mass is 1420 g/mol. The van der Waals surface area contributed by atoms with Gasteiger partial charge in [0.2, 0.25) is 41.7 Å². The Hall–Kier alpha value is -7.61. The molecule has 1 saturated carbocycles. The van der Waals surface area contributed by atoms with Crippen LogP contribution in [-0.2, 0) is 63.7 Å². The highest BCUT2D eigenvalue weighted by atomic mass is 16.7. The van der Waals surface area contributed by atoms with Crippen LogP contribution in [0, 0.1) is 16.7 Å². The number of hydrogen-bond donors (Lipinski definition) is 24. The molecule has 6 aliphatic heterocycles. The summed E-state index contributed by atoms with van der Waals surface area (Å²) in [5.74, 6) is -9.68. The van der Waals surface area contributed by atoms with Crippen molar-refractivity contribution >= 4 is 53.3 Å². The van der Waals surface area contributed by atoms with Gasteiger partial charge in [-0.25, -0.2) is 0 Å². The Morgan fingerprint density at radius 2 is 1.21 bits per heavy atom. The number of ether oxygens (including phenoxy) is 6. The van der Waals surface area contributed by atoms with Gasteiger partial charge in [-0.3, -0.25) is 44.4 Å². The fourth-order valence-corrected chi connectivity index (χ4v) is 13.1. The van der Waals surface area contributed by atoms with Crippen molar-refractivity contribution in [3.8, 4) is 5.75 Å². The minimum atomic E-state index is -2.38. The van der Waals surface area contributed by atoms with Crippen LogP contribution in [0.5, 0.6) is 5.75 Å². The number of nitrogens with one attached hydrogen (secondary N) is 11. The molecule has 24 N–H and O–H groups in total. The molecule has 6 heterocycles. The lowest BCUT2D eigenvalue weighted by Crippen LogP contribution is -2.69. The van der Waals surface area contributed by atoms with Crippen molar-refractivity contribution in [1.82, 2.24) is 52.8 Å². The number of aliphatic hydroxyl groups is 13. The fourth-order valence-electron chi connectivity index (χ4n) is 13.1. The van der Waals surface area contributed by atoms with Crippen LogP contribution in [0.1, 0.15) is 62.5 Å². The highest BCUT2D eigenvalue weighted by molar-refractivity contribution is 5.98. The zero-order chi connectivity index (χ0) is 72.4. The van der Waals surface area contributed by atoms with Crippen LogP contribution in [0.25, 0.3) is 0 Å². The van der Waals surface area contributed by atoms with Crippen molar-refractivity contribution in [2.45, 2.75) is 204 Å². The van der Waals surface area contributed by atoms with E-state index in [0.717, 1.165) is 30.6 Å². The van der Waals surface area contributed by atoms with Gasteiger partial charge in [0.05, 0.1) is 38.4 Å². The first-order chi connectivity index (χ1) is 47.7. The number of nitrogens with zero attached hydrogens (tertiary/aromatic N) is 1. The Morgan fingerprint density at radius 1 is 0.600 bits per heavy atom. The Kier molecular flexibility index (Phi) is 26.3. The molecule has 9 rings (SSSR count). The van der Waals surface area contributed by atoms with Gasteiger partial charge >= 0.3 is 5.97 Å². The van der Waals surface area contributed by atoms with Crippen molar-refractivity contribution in [3.05, 3.63) is 65.7 Å². The van der Waals surface area contributed by atoms with Gasteiger partial charge in [0.1, 0.15) is 128 Å². The molecule has 1 aliphatic carbocycles. The second-order valence-corrected chi connectivity index (χ2v) is 25.8. The van der Waals surface area contributed by atoms with Gasteiger partial charge in [0, 0.05) is 31.8 Å². The maximum atomic E-state index is 15.2. The van der Waals surface area contributed by atoms with E-state index in [1.165, 1.54) is 24.3 Å². The van der Waals surface area contributed by atoms with E-state index in [2.05, 4.69) is 47.9 Å². The van der Waals surface area contributed by atoms with E-state index in [4.69, 9.17) is 39.2 Å². The van der Waals surface area contributed by atoms with Crippen LogP contribution < -0.4 is 52.6 Å². The molecule has 0 spiro atoms. The second-order valence-electron chi connectivity index (χ2n) is 25.8. The van der Waals surface area contributed by atoms with Crippen LogP contribution in [0.2, 0.25) is 0 Å². The minimum Gasteiger partial charge on any atom is -0.463 e. The number of guanidine groups is 2. The first-order valence-corrected chi connectivity index (χ1v) is 32.9. The molecular weight excluding hydrogens is 1330 g/mol. The van der Waals surface area contributed by atoms with Crippen molar-refractivity contribution in [2.75, 3.05) is 46.1 Å². The van der Waals surface area contributed by atoms with E-state index >= 15 is 9.59 Å². The molecule has 0 aromatic heterocycles. The number of carbonyl (C=O) groups excluding carboxylic acids is 7. The maximum Gasteiger partial charge on any atom is 0.305 e. The highest BCUT2D eigenvalue weighted by Crippen LogP contribution is 2.33. The molecule has 554 valence electrons. The molecule has 2 aromatic rings. The molecule has 25 unspecified atom stereocenters. The van der Waals surface area contributed by atoms with Gasteiger partial charge in [-0.15, -0.1) is 0 Å². The van der Waals surface area contributed by atoms with E-state index < -0.39 is 246 Å². The summed E-state index contributed by atoms with van der Waals surface area (Å²) in [5, 5.41) is 182. The molecular formula is C62H90N12O26. The van der Waals surface area contributed by atoms with E-state index in [0.29, 0.717) is 17.9 Å². The van der Waals surface area contributed by atoms with Gasteiger partial charge in [0.25, 0.3) is 0 Å². The minimum absolute atomic E-state index is 0.0380. The third kappa shape index (κ3) is 18.0. The van der Waals surface area contributed by atoms with E-state index in [9.17, 15) is 90.4 Å². The van der Waals surface area contributed by atoms with Gasteiger partial charge < -0.3 is 148 Å². The van der Waals surface area contributed by atoms with Gasteiger partial charge in [-0.05, 0) is 35.6 Å². The number of hydrogen-bond acceptors (Lipinski definition) is 28. The number of esters is 1. The van der Waals surface area contributed by atoms with Crippen LogP contribution in [0.4, 0.5) is 0 Å². The third-order valence-corrected chi connectivity index (χ3v) is 19.0. The predicted octanol–water partition coefficient (Wildman–Crippen LogP) is -10.7. The molecule has 100 heavy (non-hydrogen) atoms. The first-order valence-electron chi connectivity index (χ1n) is 32.9. The fraction of sp³-hybridized carbons (Fsp3) is 0.661. The highest BCUT2D eigenvalue weighted by Gasteiger charge is 2.55.